The van der Waals surface area contributed by atoms with Gasteiger partial charge in [0, 0.05) is 39.8 Å². The molecule has 6 nitrogen and oxygen atoms in total. The summed E-state index contributed by atoms with van der Waals surface area (Å²) in [6.45, 7) is 2.08. The van der Waals surface area contributed by atoms with Crippen LogP contribution in [-0.2, 0) is 16.1 Å². The van der Waals surface area contributed by atoms with Crippen molar-refractivity contribution in [3.05, 3.63) is 77.4 Å². The molecule has 2 aromatic carbocycles. The number of carbonyl (C=O) groups excluding carboxylic acids is 2. The van der Waals surface area contributed by atoms with Crippen LogP contribution < -0.4 is 5.32 Å². The molecule has 0 unspecified atom stereocenters. The summed E-state index contributed by atoms with van der Waals surface area (Å²) < 4.78 is 21.0. The summed E-state index contributed by atoms with van der Waals surface area (Å²) in [6, 6.07) is 14.1. The van der Waals surface area contributed by atoms with Crippen LogP contribution in [0.2, 0.25) is 0 Å². The highest BCUT2D eigenvalue weighted by molar-refractivity contribution is 6.06. The Kier molecular flexibility index (Phi) is 6.24. The largest absolute Gasteiger partial charge is 0.468 e. The van der Waals surface area contributed by atoms with E-state index in [0.29, 0.717) is 5.56 Å². The van der Waals surface area contributed by atoms with E-state index in [2.05, 4.69) is 10.3 Å². The van der Waals surface area contributed by atoms with Crippen molar-refractivity contribution in [2.24, 2.45) is 0 Å². The Hall–Kier alpha value is -3.74. The van der Waals surface area contributed by atoms with Gasteiger partial charge in [0.25, 0.3) is 5.91 Å². The van der Waals surface area contributed by atoms with Gasteiger partial charge in [-0.1, -0.05) is 12.1 Å². The Bertz CT molecular complexity index is 1410. The summed E-state index contributed by atoms with van der Waals surface area (Å²) in [7, 11) is 1.37. The molecule has 35 heavy (non-hydrogen) atoms. The van der Waals surface area contributed by atoms with Crippen molar-refractivity contribution in [1.29, 1.82) is 0 Å². The number of aromatic nitrogens is 2. The van der Waals surface area contributed by atoms with Crippen molar-refractivity contribution in [3.63, 3.8) is 0 Å². The van der Waals surface area contributed by atoms with E-state index in [1.807, 2.05) is 41.8 Å². The molecular formula is C28H28FN3O3. The van der Waals surface area contributed by atoms with E-state index < -0.39 is 0 Å². The number of carbonyl (C=O) groups is 2. The van der Waals surface area contributed by atoms with Gasteiger partial charge >= 0.3 is 5.97 Å². The molecule has 2 aromatic heterocycles. The van der Waals surface area contributed by atoms with E-state index >= 15 is 0 Å². The first-order chi connectivity index (χ1) is 17.0. The second kappa shape index (κ2) is 9.49. The molecule has 5 rings (SSSR count). The second-order valence-electron chi connectivity index (χ2n) is 9.22. The number of esters is 1. The van der Waals surface area contributed by atoms with Crippen molar-refractivity contribution in [3.8, 4) is 0 Å². The Morgan fingerprint density at radius 3 is 2.66 bits per heavy atom. The number of fused-ring (bicyclic) bond motifs is 2. The molecule has 1 fully saturated rings. The standard InChI is InChI=1S/C28H28FN3O3/c1-17-27(23-15-19(29)10-13-25(23)32(17)16-26(33)35-2)18-8-11-20(12-9-18)31-28(34)22-5-3-7-24-21(22)6-4-14-30-24/h3-7,10,13-15,18,20H,8-9,11-12,16H2,1-2H3,(H,31,34). The van der Waals surface area contributed by atoms with E-state index in [0.717, 1.165) is 58.7 Å². The van der Waals surface area contributed by atoms with Crippen molar-refractivity contribution < 1.29 is 18.7 Å². The zero-order chi connectivity index (χ0) is 24.5. The van der Waals surface area contributed by atoms with E-state index in [1.165, 1.54) is 13.2 Å². The van der Waals surface area contributed by atoms with E-state index in [1.54, 1.807) is 18.3 Å². The van der Waals surface area contributed by atoms with Gasteiger partial charge in [0.2, 0.25) is 0 Å². The lowest BCUT2D eigenvalue weighted by molar-refractivity contribution is -0.141. The molecule has 0 bridgehead atoms. The Labute approximate surface area is 203 Å². The molecule has 0 radical (unpaired) electrons. The highest BCUT2D eigenvalue weighted by Gasteiger charge is 2.29. The first kappa shape index (κ1) is 23.0. The van der Waals surface area contributed by atoms with Crippen LogP contribution >= 0.6 is 0 Å². The summed E-state index contributed by atoms with van der Waals surface area (Å²) >= 11 is 0. The predicted molar refractivity (Wildman–Crippen MR) is 133 cm³/mol. The number of amides is 1. The zero-order valence-corrected chi connectivity index (χ0v) is 19.9. The van der Waals surface area contributed by atoms with Gasteiger partial charge in [0.1, 0.15) is 12.4 Å². The molecule has 180 valence electrons. The number of hydrogen-bond donors (Lipinski definition) is 1. The second-order valence-corrected chi connectivity index (χ2v) is 9.22. The predicted octanol–water partition coefficient (Wildman–Crippen LogP) is 5.27. The van der Waals surface area contributed by atoms with E-state index in [4.69, 9.17) is 4.74 Å². The van der Waals surface area contributed by atoms with Crippen LogP contribution in [0.1, 0.15) is 53.2 Å². The lowest BCUT2D eigenvalue weighted by Crippen LogP contribution is -2.37. The van der Waals surface area contributed by atoms with Crippen molar-refractivity contribution in [2.75, 3.05) is 7.11 Å². The lowest BCUT2D eigenvalue weighted by Gasteiger charge is -2.30. The monoisotopic (exact) mass is 473 g/mol. The van der Waals surface area contributed by atoms with E-state index in [9.17, 15) is 14.0 Å². The third-order valence-electron chi connectivity index (χ3n) is 7.21. The highest BCUT2D eigenvalue weighted by atomic mass is 19.1. The minimum absolute atomic E-state index is 0.0751. The Morgan fingerprint density at radius 2 is 1.89 bits per heavy atom. The molecule has 1 saturated carbocycles. The highest BCUT2D eigenvalue weighted by Crippen LogP contribution is 2.40. The molecule has 2 heterocycles. The Balaban J connectivity index is 1.34. The maximum Gasteiger partial charge on any atom is 0.325 e. The van der Waals surface area contributed by atoms with Gasteiger partial charge in [-0.25, -0.2) is 4.39 Å². The zero-order valence-electron chi connectivity index (χ0n) is 19.9. The fourth-order valence-electron chi connectivity index (χ4n) is 5.48. The fourth-order valence-corrected chi connectivity index (χ4v) is 5.48. The average molecular weight is 474 g/mol. The van der Waals surface area contributed by atoms with Gasteiger partial charge in [-0.3, -0.25) is 14.6 Å². The SMILES string of the molecule is COC(=O)Cn1c(C)c(C2CCC(NC(=O)c3cccc4ncccc34)CC2)c2cc(F)ccc21. The molecule has 0 aliphatic heterocycles. The van der Waals surface area contributed by atoms with Crippen molar-refractivity contribution in [1.82, 2.24) is 14.9 Å². The topological polar surface area (TPSA) is 73.2 Å². The van der Waals surface area contributed by atoms with Gasteiger partial charge in [-0.05, 0) is 80.5 Å². The third kappa shape index (κ3) is 4.38. The molecular weight excluding hydrogens is 445 g/mol. The lowest BCUT2D eigenvalue weighted by atomic mass is 9.80. The minimum Gasteiger partial charge on any atom is -0.468 e. The molecule has 4 aromatic rings. The normalized spacial score (nSPS) is 18.0. The number of benzene rings is 2. The minimum atomic E-state index is -0.337. The molecule has 1 N–H and O–H groups in total. The van der Waals surface area contributed by atoms with Gasteiger partial charge in [-0.15, -0.1) is 0 Å². The summed E-state index contributed by atoms with van der Waals surface area (Å²) in [5, 5.41) is 4.90. The number of halogens is 1. The number of hydrogen-bond acceptors (Lipinski definition) is 4. The van der Waals surface area contributed by atoms with Crippen LogP contribution in [0.3, 0.4) is 0 Å². The molecule has 0 spiro atoms. The molecule has 1 aliphatic carbocycles. The molecule has 1 amide bonds. The first-order valence-corrected chi connectivity index (χ1v) is 12.0. The van der Waals surface area contributed by atoms with Crippen LogP contribution in [0.4, 0.5) is 4.39 Å². The average Bonchev–Trinajstić information content (AvgIpc) is 3.14. The third-order valence-corrected chi connectivity index (χ3v) is 7.21. The van der Waals surface area contributed by atoms with Crippen LogP contribution in [0, 0.1) is 12.7 Å². The first-order valence-electron chi connectivity index (χ1n) is 12.0. The fraction of sp³-hybridized carbons (Fsp3) is 0.321. The maximum absolute atomic E-state index is 14.2. The van der Waals surface area contributed by atoms with E-state index in [-0.39, 0.29) is 36.2 Å². The maximum atomic E-state index is 14.2. The van der Waals surface area contributed by atoms with Crippen LogP contribution in [0.25, 0.3) is 21.8 Å². The number of methoxy groups -OCH3 is 1. The molecule has 1 aliphatic rings. The van der Waals surface area contributed by atoms with Crippen LogP contribution in [0.5, 0.6) is 0 Å². The number of nitrogens with zero attached hydrogens (tertiary/aromatic N) is 2. The summed E-state index contributed by atoms with van der Waals surface area (Å²) in [6.07, 6.45) is 5.13. The van der Waals surface area contributed by atoms with Crippen LogP contribution in [0.15, 0.2) is 54.7 Å². The smallest absolute Gasteiger partial charge is 0.325 e. The number of ether oxygens (including phenoxy) is 1. The molecule has 0 atom stereocenters. The van der Waals surface area contributed by atoms with Crippen molar-refractivity contribution in [2.45, 2.75) is 51.1 Å². The van der Waals surface area contributed by atoms with Gasteiger partial charge in [-0.2, -0.15) is 0 Å². The van der Waals surface area contributed by atoms with Gasteiger partial charge < -0.3 is 14.6 Å². The number of pyridine rings is 1. The van der Waals surface area contributed by atoms with Gasteiger partial charge in [0.05, 0.1) is 12.6 Å². The van der Waals surface area contributed by atoms with Crippen molar-refractivity contribution >= 4 is 33.7 Å². The summed E-state index contributed by atoms with van der Waals surface area (Å²) in [5.74, 6) is -0.483. The summed E-state index contributed by atoms with van der Waals surface area (Å²) in [5.41, 5.74) is 4.33. The number of nitrogens with one attached hydrogen (secondary N) is 1. The summed E-state index contributed by atoms with van der Waals surface area (Å²) in [4.78, 5) is 29.4. The quantitative estimate of drug-likeness (QED) is 0.401. The van der Waals surface area contributed by atoms with Gasteiger partial charge in [0.15, 0.2) is 0 Å². The van der Waals surface area contributed by atoms with Crippen LogP contribution in [-0.4, -0.2) is 34.6 Å². The molecule has 7 heteroatoms. The Morgan fingerprint density at radius 1 is 1.09 bits per heavy atom. The number of rotatable bonds is 5. The molecule has 0 saturated heterocycles.